The van der Waals surface area contributed by atoms with Crippen molar-refractivity contribution in [1.29, 1.82) is 5.26 Å². The van der Waals surface area contributed by atoms with Crippen LogP contribution >= 0.6 is 0 Å². The predicted octanol–water partition coefficient (Wildman–Crippen LogP) is 1.92. The smallest absolute Gasteiger partial charge is 0.259 e. The van der Waals surface area contributed by atoms with Crippen LogP contribution < -0.4 is 21.3 Å². The van der Waals surface area contributed by atoms with Gasteiger partial charge in [-0.25, -0.2) is 0 Å². The second-order valence-electron chi connectivity index (χ2n) is 7.48. The van der Waals surface area contributed by atoms with E-state index in [1.54, 1.807) is 60.3 Å². The lowest BCUT2D eigenvalue weighted by Gasteiger charge is -2.33. The van der Waals surface area contributed by atoms with Crippen molar-refractivity contribution in [2.24, 2.45) is 5.73 Å². The maximum atomic E-state index is 13.8. The van der Waals surface area contributed by atoms with Crippen LogP contribution in [0.3, 0.4) is 0 Å². The fraction of sp³-hybridized carbons (Fsp3) is 0.130. The van der Waals surface area contributed by atoms with Gasteiger partial charge in [0.1, 0.15) is 17.4 Å². The van der Waals surface area contributed by atoms with Crippen molar-refractivity contribution in [3.63, 3.8) is 0 Å². The lowest BCUT2D eigenvalue weighted by Crippen LogP contribution is -2.47. The Labute approximate surface area is 177 Å². The van der Waals surface area contributed by atoms with Crippen molar-refractivity contribution in [2.45, 2.75) is 18.9 Å². The Bertz CT molecular complexity index is 1380. The summed E-state index contributed by atoms with van der Waals surface area (Å²) in [5, 5.41) is 12.7. The van der Waals surface area contributed by atoms with Crippen LogP contribution in [0.5, 0.6) is 5.75 Å². The van der Waals surface area contributed by atoms with Crippen LogP contribution in [0.25, 0.3) is 0 Å². The van der Waals surface area contributed by atoms with Gasteiger partial charge in [0, 0.05) is 35.4 Å². The average molecular weight is 411 g/mol. The van der Waals surface area contributed by atoms with Gasteiger partial charge in [0.05, 0.1) is 12.1 Å². The molecule has 0 bridgehead atoms. The molecule has 3 aromatic rings. The van der Waals surface area contributed by atoms with E-state index in [0.717, 1.165) is 5.56 Å². The molecule has 4 heterocycles. The van der Waals surface area contributed by atoms with Crippen LogP contribution in [0, 0.1) is 18.3 Å². The third kappa shape index (κ3) is 2.43. The molecule has 0 radical (unpaired) electrons. The van der Waals surface area contributed by atoms with E-state index in [9.17, 15) is 14.9 Å². The topological polar surface area (TPSA) is 123 Å². The second kappa shape index (κ2) is 6.57. The largest absolute Gasteiger partial charge is 0.440 e. The number of benzene rings is 1. The fourth-order valence-electron chi connectivity index (χ4n) is 4.41. The molecule has 5 rings (SSSR count). The number of fused-ring (bicyclic) bond motifs is 4. The normalized spacial score (nSPS) is 18.8. The Hall–Kier alpha value is -4.38. The summed E-state index contributed by atoms with van der Waals surface area (Å²) in [5.41, 5.74) is 6.43. The molecular formula is C23H17N5O3. The molecule has 2 aromatic heterocycles. The number of amides is 1. The Morgan fingerprint density at radius 2 is 2.06 bits per heavy atom. The van der Waals surface area contributed by atoms with Gasteiger partial charge in [0.25, 0.3) is 5.56 Å². The van der Waals surface area contributed by atoms with Crippen molar-refractivity contribution in [1.82, 2.24) is 9.55 Å². The number of carbonyl (C=O) groups excluding carboxylic acids is 1. The van der Waals surface area contributed by atoms with Gasteiger partial charge < -0.3 is 20.4 Å². The summed E-state index contributed by atoms with van der Waals surface area (Å²) in [4.78, 5) is 31.4. The van der Waals surface area contributed by atoms with Crippen molar-refractivity contribution in [3.05, 3.63) is 99.1 Å². The number of nitrogens with two attached hydrogens (primary N) is 1. The second-order valence-corrected chi connectivity index (χ2v) is 7.48. The van der Waals surface area contributed by atoms with Crippen LogP contribution in [0.4, 0.5) is 5.69 Å². The molecule has 1 aromatic carbocycles. The van der Waals surface area contributed by atoms with Crippen LogP contribution in [-0.2, 0) is 16.8 Å². The Morgan fingerprint density at radius 1 is 1.26 bits per heavy atom. The number of anilines is 1. The number of rotatable bonds is 2. The van der Waals surface area contributed by atoms with Crippen LogP contribution in [0.15, 0.2) is 71.1 Å². The molecule has 0 aliphatic carbocycles. The molecule has 3 N–H and O–H groups in total. The minimum absolute atomic E-state index is 0.0789. The van der Waals surface area contributed by atoms with Crippen molar-refractivity contribution >= 4 is 11.6 Å². The van der Waals surface area contributed by atoms with Crippen LogP contribution in [0.1, 0.15) is 22.4 Å². The fourth-order valence-corrected chi connectivity index (χ4v) is 4.41. The van der Waals surface area contributed by atoms with Gasteiger partial charge in [-0.1, -0.05) is 24.3 Å². The van der Waals surface area contributed by atoms with Crippen LogP contribution in [-0.4, -0.2) is 15.5 Å². The van der Waals surface area contributed by atoms with E-state index in [1.807, 2.05) is 12.1 Å². The number of ether oxygens (including phenoxy) is 1. The van der Waals surface area contributed by atoms with Crippen molar-refractivity contribution in [2.75, 3.05) is 5.32 Å². The molecule has 1 amide bonds. The van der Waals surface area contributed by atoms with E-state index in [0.29, 0.717) is 16.9 Å². The number of carbonyl (C=O) groups is 1. The molecule has 2 aliphatic heterocycles. The van der Waals surface area contributed by atoms with Gasteiger partial charge in [0.15, 0.2) is 5.41 Å². The van der Waals surface area contributed by atoms with Gasteiger partial charge in [-0.05, 0) is 24.6 Å². The summed E-state index contributed by atoms with van der Waals surface area (Å²) in [5.74, 6) is -0.523. The number of nitrogens with zero attached hydrogens (tertiary/aromatic N) is 3. The number of hydrogen-bond donors (Lipinski definition) is 2. The first kappa shape index (κ1) is 18.6. The first-order valence-electron chi connectivity index (χ1n) is 9.61. The Kier molecular flexibility index (Phi) is 3.95. The number of aryl methyl sites for hydroxylation is 1. The minimum atomic E-state index is -1.68. The number of aromatic nitrogens is 2. The third-order valence-electron chi connectivity index (χ3n) is 5.78. The first-order valence-corrected chi connectivity index (χ1v) is 9.61. The summed E-state index contributed by atoms with van der Waals surface area (Å²) in [6.45, 7) is 2.03. The highest BCUT2D eigenvalue weighted by molar-refractivity contribution is 6.12. The molecule has 1 atom stereocenters. The molecule has 1 unspecified atom stereocenters. The van der Waals surface area contributed by atoms with Gasteiger partial charge in [-0.2, -0.15) is 5.26 Å². The highest BCUT2D eigenvalue weighted by Crippen LogP contribution is 2.51. The van der Waals surface area contributed by atoms with Gasteiger partial charge >= 0.3 is 0 Å². The van der Waals surface area contributed by atoms with Gasteiger partial charge in [-0.15, -0.1) is 0 Å². The highest BCUT2D eigenvalue weighted by Gasteiger charge is 2.58. The van der Waals surface area contributed by atoms with E-state index in [4.69, 9.17) is 10.5 Å². The SMILES string of the molecule is Cc1cc2c(c(=O)n1Cc1cccnc1)C1(C(=O)Nc3ccccc31)C(C#N)=C(N)O2. The molecular weight excluding hydrogens is 394 g/mol. The van der Waals surface area contributed by atoms with Crippen molar-refractivity contribution < 1.29 is 9.53 Å². The van der Waals surface area contributed by atoms with E-state index < -0.39 is 16.9 Å². The number of para-hydroxylation sites is 1. The molecule has 0 fully saturated rings. The number of hydrogen-bond acceptors (Lipinski definition) is 6. The molecule has 0 saturated carbocycles. The standard InChI is InChI=1S/C23H17N5O3/c1-13-9-18-19(21(29)28(13)12-14-5-4-8-26-11-14)23(16(10-24)20(25)31-18)15-6-2-3-7-17(15)27-22(23)30/h2-9,11H,12,25H2,1H3,(H,27,30). The summed E-state index contributed by atoms with van der Waals surface area (Å²) in [6, 6.07) is 14.3. The molecule has 152 valence electrons. The first-order chi connectivity index (χ1) is 15.0. The molecule has 8 nitrogen and oxygen atoms in total. The zero-order valence-corrected chi connectivity index (χ0v) is 16.5. The van der Waals surface area contributed by atoms with Crippen LogP contribution in [0.2, 0.25) is 0 Å². The number of pyridine rings is 2. The zero-order chi connectivity index (χ0) is 21.8. The average Bonchev–Trinajstić information content (AvgIpc) is 3.04. The Balaban J connectivity index is 1.85. The predicted molar refractivity (Wildman–Crippen MR) is 112 cm³/mol. The summed E-state index contributed by atoms with van der Waals surface area (Å²) < 4.78 is 7.23. The molecule has 8 heteroatoms. The van der Waals surface area contributed by atoms with Crippen molar-refractivity contribution in [3.8, 4) is 11.8 Å². The van der Waals surface area contributed by atoms with E-state index in [-0.39, 0.29) is 29.3 Å². The lowest BCUT2D eigenvalue weighted by molar-refractivity contribution is -0.118. The third-order valence-corrected chi connectivity index (χ3v) is 5.78. The van der Waals surface area contributed by atoms with Gasteiger partial charge in [-0.3, -0.25) is 14.6 Å². The molecule has 0 saturated heterocycles. The lowest BCUT2D eigenvalue weighted by atomic mass is 9.69. The maximum absolute atomic E-state index is 13.8. The molecule has 31 heavy (non-hydrogen) atoms. The van der Waals surface area contributed by atoms with E-state index in [2.05, 4.69) is 10.3 Å². The monoisotopic (exact) mass is 411 g/mol. The number of nitriles is 1. The van der Waals surface area contributed by atoms with E-state index >= 15 is 0 Å². The minimum Gasteiger partial charge on any atom is -0.440 e. The maximum Gasteiger partial charge on any atom is 0.259 e. The highest BCUT2D eigenvalue weighted by atomic mass is 16.5. The van der Waals surface area contributed by atoms with Gasteiger partial charge in [0.2, 0.25) is 11.8 Å². The zero-order valence-electron chi connectivity index (χ0n) is 16.5. The summed E-state index contributed by atoms with van der Waals surface area (Å²) in [6.07, 6.45) is 3.33. The summed E-state index contributed by atoms with van der Waals surface area (Å²) >= 11 is 0. The number of nitrogens with one attached hydrogen (secondary N) is 1. The molecule has 2 aliphatic rings. The quantitative estimate of drug-likeness (QED) is 0.664. The Morgan fingerprint density at radius 3 is 2.81 bits per heavy atom. The summed E-state index contributed by atoms with van der Waals surface area (Å²) in [7, 11) is 0. The molecule has 1 spiro atoms. The van der Waals surface area contributed by atoms with E-state index in [1.165, 1.54) is 0 Å².